The molecule has 0 saturated carbocycles. The average molecular weight is 304 g/mol. The summed E-state index contributed by atoms with van der Waals surface area (Å²) in [4.78, 5) is 0.118. The third-order valence-corrected chi connectivity index (χ3v) is 4.63. The van der Waals surface area contributed by atoms with Crippen LogP contribution in [-0.4, -0.2) is 8.42 Å². The highest BCUT2D eigenvalue weighted by Gasteiger charge is 2.18. The number of nitrogens with zero attached hydrogens (tertiary/aromatic N) is 1. The first-order chi connectivity index (χ1) is 9.85. The van der Waals surface area contributed by atoms with E-state index in [4.69, 9.17) is 5.26 Å². The van der Waals surface area contributed by atoms with Gasteiger partial charge in [-0.3, -0.25) is 4.72 Å². The van der Waals surface area contributed by atoms with Crippen LogP contribution in [0.1, 0.15) is 16.7 Å². The number of aryl methyl sites for hydroxylation is 1. The largest absolute Gasteiger partial charge is 0.279 e. The lowest BCUT2D eigenvalue weighted by Gasteiger charge is -2.13. The van der Waals surface area contributed by atoms with E-state index in [1.54, 1.807) is 31.2 Å². The molecular weight excluding hydrogens is 291 g/mol. The number of anilines is 1. The van der Waals surface area contributed by atoms with E-state index in [0.29, 0.717) is 5.56 Å². The highest BCUT2D eigenvalue weighted by molar-refractivity contribution is 7.92. The van der Waals surface area contributed by atoms with Gasteiger partial charge in [-0.15, -0.1) is 0 Å². The van der Waals surface area contributed by atoms with Crippen molar-refractivity contribution >= 4 is 15.7 Å². The molecule has 0 fully saturated rings. The number of hydrogen-bond donors (Lipinski definition) is 1. The van der Waals surface area contributed by atoms with Crippen molar-refractivity contribution in [3.8, 4) is 6.07 Å². The van der Waals surface area contributed by atoms with Gasteiger partial charge in [0, 0.05) is 5.56 Å². The molecule has 2 aromatic rings. The summed E-state index contributed by atoms with van der Waals surface area (Å²) in [6.45, 7) is 3.12. The van der Waals surface area contributed by atoms with Crippen LogP contribution in [0.5, 0.6) is 0 Å². The van der Waals surface area contributed by atoms with Gasteiger partial charge in [-0.05, 0) is 37.6 Å². The van der Waals surface area contributed by atoms with Crippen LogP contribution in [-0.2, 0) is 10.0 Å². The predicted octanol–water partition coefficient (Wildman–Crippen LogP) is 3.12. The van der Waals surface area contributed by atoms with Crippen molar-refractivity contribution in [3.63, 3.8) is 0 Å². The predicted molar refractivity (Wildman–Crippen MR) is 77.8 cm³/mol. The zero-order valence-electron chi connectivity index (χ0n) is 11.5. The molecule has 1 N–H and O–H groups in total. The minimum atomic E-state index is -3.83. The van der Waals surface area contributed by atoms with Gasteiger partial charge in [-0.2, -0.15) is 5.26 Å². The molecule has 0 aliphatic rings. The standard InChI is InChI=1S/C15H13FN2O2S/c1-10-5-3-4-6-15(10)21(19,20)18-14-8-12(9-17)7-13(16)11(14)2/h3-8,18H,1-2H3. The molecule has 108 valence electrons. The molecule has 0 saturated heterocycles. The summed E-state index contributed by atoms with van der Waals surface area (Å²) in [5, 5.41) is 8.84. The zero-order valence-corrected chi connectivity index (χ0v) is 12.3. The van der Waals surface area contributed by atoms with Crippen molar-refractivity contribution in [2.75, 3.05) is 4.72 Å². The van der Waals surface area contributed by atoms with E-state index in [1.807, 2.05) is 0 Å². The number of nitriles is 1. The minimum Gasteiger partial charge on any atom is -0.279 e. The first-order valence-corrected chi connectivity index (χ1v) is 7.62. The number of benzene rings is 2. The topological polar surface area (TPSA) is 70.0 Å². The third-order valence-electron chi connectivity index (χ3n) is 3.10. The zero-order chi connectivity index (χ0) is 15.6. The van der Waals surface area contributed by atoms with Gasteiger partial charge in [0.1, 0.15) is 5.82 Å². The van der Waals surface area contributed by atoms with Gasteiger partial charge in [0.15, 0.2) is 0 Å². The van der Waals surface area contributed by atoms with Crippen LogP contribution in [0.25, 0.3) is 0 Å². The Hall–Kier alpha value is -2.39. The molecule has 0 amide bonds. The third kappa shape index (κ3) is 3.03. The van der Waals surface area contributed by atoms with Crippen molar-refractivity contribution in [2.24, 2.45) is 0 Å². The van der Waals surface area contributed by atoms with E-state index in [-0.39, 0.29) is 21.7 Å². The Morgan fingerprint density at radius 1 is 1.19 bits per heavy atom. The lowest BCUT2D eigenvalue weighted by molar-refractivity contribution is 0.600. The molecule has 6 heteroatoms. The first kappa shape index (κ1) is 15.0. The van der Waals surface area contributed by atoms with Gasteiger partial charge in [0.2, 0.25) is 0 Å². The van der Waals surface area contributed by atoms with Crippen LogP contribution in [0, 0.1) is 31.0 Å². The maximum Gasteiger partial charge on any atom is 0.262 e. The SMILES string of the molecule is Cc1ccccc1S(=O)(=O)Nc1cc(C#N)cc(F)c1C. The highest BCUT2D eigenvalue weighted by Crippen LogP contribution is 2.24. The van der Waals surface area contributed by atoms with Crippen molar-refractivity contribution in [1.82, 2.24) is 0 Å². The molecule has 0 atom stereocenters. The Morgan fingerprint density at radius 2 is 1.86 bits per heavy atom. The molecule has 0 bridgehead atoms. The maximum atomic E-state index is 13.7. The smallest absolute Gasteiger partial charge is 0.262 e. The Bertz CT molecular complexity index is 839. The Labute approximate surface area is 122 Å². The highest BCUT2D eigenvalue weighted by atomic mass is 32.2. The number of hydrogen-bond acceptors (Lipinski definition) is 3. The number of nitrogens with one attached hydrogen (secondary N) is 1. The Kier molecular flexibility index (Phi) is 3.96. The van der Waals surface area contributed by atoms with Gasteiger partial charge in [0.25, 0.3) is 10.0 Å². The van der Waals surface area contributed by atoms with Crippen molar-refractivity contribution in [3.05, 3.63) is 58.9 Å². The molecule has 0 radical (unpaired) electrons. The van der Waals surface area contributed by atoms with Crippen LogP contribution in [0.2, 0.25) is 0 Å². The van der Waals surface area contributed by atoms with Crippen LogP contribution >= 0.6 is 0 Å². The van der Waals surface area contributed by atoms with E-state index in [0.717, 1.165) is 6.07 Å². The van der Waals surface area contributed by atoms with Crippen LogP contribution < -0.4 is 4.72 Å². The fourth-order valence-corrected chi connectivity index (χ4v) is 3.27. The normalized spacial score (nSPS) is 11.0. The van der Waals surface area contributed by atoms with E-state index in [2.05, 4.69) is 4.72 Å². The number of sulfonamides is 1. The molecule has 0 aromatic heterocycles. The number of rotatable bonds is 3. The number of halogens is 1. The van der Waals surface area contributed by atoms with Crippen LogP contribution in [0.3, 0.4) is 0 Å². The summed E-state index contributed by atoms with van der Waals surface area (Å²) in [7, 11) is -3.83. The lowest BCUT2D eigenvalue weighted by atomic mass is 10.1. The molecule has 0 heterocycles. The molecule has 0 unspecified atom stereocenters. The van der Waals surface area contributed by atoms with Crippen LogP contribution in [0.15, 0.2) is 41.3 Å². The summed E-state index contributed by atoms with van der Waals surface area (Å²) in [5.74, 6) is -0.628. The Morgan fingerprint density at radius 3 is 2.48 bits per heavy atom. The van der Waals surface area contributed by atoms with E-state index >= 15 is 0 Å². The van der Waals surface area contributed by atoms with Crippen LogP contribution in [0.4, 0.5) is 10.1 Å². The molecule has 0 aliphatic heterocycles. The summed E-state index contributed by atoms with van der Waals surface area (Å²) < 4.78 is 40.8. The van der Waals surface area contributed by atoms with Crippen molar-refractivity contribution < 1.29 is 12.8 Å². The second-order valence-electron chi connectivity index (χ2n) is 4.61. The minimum absolute atomic E-state index is 0.0561. The molecule has 0 spiro atoms. The first-order valence-electron chi connectivity index (χ1n) is 6.14. The fraction of sp³-hybridized carbons (Fsp3) is 0.133. The van der Waals surface area contributed by atoms with Gasteiger partial charge < -0.3 is 0 Å². The van der Waals surface area contributed by atoms with Gasteiger partial charge in [-0.1, -0.05) is 18.2 Å². The summed E-state index contributed by atoms with van der Waals surface area (Å²) in [6, 6.07) is 10.7. The van der Waals surface area contributed by atoms with Crippen molar-refractivity contribution in [2.45, 2.75) is 18.7 Å². The molecular formula is C15H13FN2O2S. The molecule has 2 aromatic carbocycles. The summed E-state index contributed by atoms with van der Waals surface area (Å²) in [5.41, 5.74) is 0.848. The quantitative estimate of drug-likeness (QED) is 0.947. The molecule has 4 nitrogen and oxygen atoms in total. The van der Waals surface area contributed by atoms with E-state index < -0.39 is 15.8 Å². The van der Waals surface area contributed by atoms with Gasteiger partial charge in [-0.25, -0.2) is 12.8 Å². The molecule has 2 rings (SSSR count). The maximum absolute atomic E-state index is 13.7. The monoisotopic (exact) mass is 304 g/mol. The second-order valence-corrected chi connectivity index (χ2v) is 6.26. The summed E-state index contributed by atoms with van der Waals surface area (Å²) >= 11 is 0. The Balaban J connectivity index is 2.50. The van der Waals surface area contributed by atoms with Crippen molar-refractivity contribution in [1.29, 1.82) is 5.26 Å². The second kappa shape index (κ2) is 5.54. The summed E-state index contributed by atoms with van der Waals surface area (Å²) in [6.07, 6.45) is 0. The van der Waals surface area contributed by atoms with E-state index in [9.17, 15) is 12.8 Å². The van der Waals surface area contributed by atoms with Gasteiger partial charge in [0.05, 0.1) is 22.2 Å². The lowest BCUT2D eigenvalue weighted by Crippen LogP contribution is -2.15. The molecule has 0 aliphatic carbocycles. The van der Waals surface area contributed by atoms with Gasteiger partial charge >= 0.3 is 0 Å². The van der Waals surface area contributed by atoms with E-state index in [1.165, 1.54) is 19.1 Å². The fourth-order valence-electron chi connectivity index (χ4n) is 1.91. The average Bonchev–Trinajstić information content (AvgIpc) is 2.43. The molecule has 21 heavy (non-hydrogen) atoms.